The monoisotopic (exact) mass is 292 g/mol. The molecule has 0 aliphatic rings. The van der Waals surface area contributed by atoms with E-state index in [4.69, 9.17) is 10.8 Å². The highest BCUT2D eigenvalue weighted by Crippen LogP contribution is 2.16. The Balaban J connectivity index is 2.49. The Hall–Kier alpha value is -1.88. The summed E-state index contributed by atoms with van der Waals surface area (Å²) in [6.45, 7) is 4.21. The van der Waals surface area contributed by atoms with Gasteiger partial charge in [-0.1, -0.05) is 37.3 Å². The molecule has 0 saturated carbocycles. The minimum Gasteiger partial charge on any atom is -0.481 e. The average Bonchev–Trinajstić information content (AvgIpc) is 2.50. The minimum absolute atomic E-state index is 0.0445. The largest absolute Gasteiger partial charge is 0.481 e. The molecule has 0 aliphatic heterocycles. The van der Waals surface area contributed by atoms with E-state index in [0.29, 0.717) is 19.4 Å². The summed E-state index contributed by atoms with van der Waals surface area (Å²) in [5.74, 6) is -1.49. The third kappa shape index (κ3) is 5.55. The fraction of sp³-hybridized carbons (Fsp3) is 0.500. The highest BCUT2D eigenvalue weighted by atomic mass is 16.4. The summed E-state index contributed by atoms with van der Waals surface area (Å²) < 4.78 is 0. The number of nitrogens with two attached hydrogens (primary N) is 1. The second-order valence-electron chi connectivity index (χ2n) is 5.23. The van der Waals surface area contributed by atoms with Gasteiger partial charge in [-0.15, -0.1) is 0 Å². The maximum Gasteiger partial charge on any atom is 0.308 e. The number of rotatable bonds is 8. The lowest BCUT2D eigenvalue weighted by atomic mass is 10.0. The Bertz CT molecular complexity index is 462. The molecule has 3 N–H and O–H groups in total. The Kier molecular flexibility index (Phi) is 6.88. The first kappa shape index (κ1) is 17.2. The number of hydrogen-bond donors (Lipinski definition) is 2. The lowest BCUT2D eigenvalue weighted by Gasteiger charge is -2.23. The Labute approximate surface area is 125 Å². The van der Waals surface area contributed by atoms with Crippen molar-refractivity contribution in [1.82, 2.24) is 4.90 Å². The van der Waals surface area contributed by atoms with Crippen molar-refractivity contribution in [3.8, 4) is 0 Å². The van der Waals surface area contributed by atoms with Gasteiger partial charge in [-0.2, -0.15) is 0 Å². The molecule has 1 aromatic carbocycles. The van der Waals surface area contributed by atoms with Gasteiger partial charge in [-0.3, -0.25) is 9.59 Å². The lowest BCUT2D eigenvalue weighted by molar-refractivity contribution is -0.143. The van der Waals surface area contributed by atoms with Gasteiger partial charge in [0.2, 0.25) is 5.91 Å². The molecular weight excluding hydrogens is 268 g/mol. The van der Waals surface area contributed by atoms with E-state index in [0.717, 1.165) is 5.56 Å². The van der Waals surface area contributed by atoms with Gasteiger partial charge in [0.05, 0.1) is 5.92 Å². The highest BCUT2D eigenvalue weighted by Gasteiger charge is 2.19. The van der Waals surface area contributed by atoms with Crippen molar-refractivity contribution in [2.24, 2.45) is 11.7 Å². The molecular formula is C16H24N2O3. The SMILES string of the molecule is CCN(CC(C)C(=O)O)C(=O)CCC(N)c1ccccc1. The summed E-state index contributed by atoms with van der Waals surface area (Å²) in [6.07, 6.45) is 0.886. The van der Waals surface area contributed by atoms with Crippen LogP contribution in [0.5, 0.6) is 0 Å². The number of carbonyl (C=O) groups is 2. The van der Waals surface area contributed by atoms with E-state index in [1.54, 1.807) is 11.8 Å². The zero-order chi connectivity index (χ0) is 15.8. The van der Waals surface area contributed by atoms with E-state index < -0.39 is 11.9 Å². The van der Waals surface area contributed by atoms with Gasteiger partial charge in [0, 0.05) is 25.6 Å². The van der Waals surface area contributed by atoms with Crippen LogP contribution >= 0.6 is 0 Å². The maximum atomic E-state index is 12.1. The molecule has 0 heterocycles. The lowest BCUT2D eigenvalue weighted by Crippen LogP contribution is -2.37. The molecule has 1 amide bonds. The van der Waals surface area contributed by atoms with Crippen LogP contribution < -0.4 is 5.73 Å². The number of aliphatic carboxylic acids is 1. The molecule has 5 nitrogen and oxygen atoms in total. The number of benzene rings is 1. The first-order chi connectivity index (χ1) is 9.95. The van der Waals surface area contributed by atoms with E-state index in [1.165, 1.54) is 0 Å². The molecule has 1 aromatic rings. The molecule has 0 aliphatic carbocycles. The van der Waals surface area contributed by atoms with Crippen LogP contribution in [0.1, 0.15) is 38.3 Å². The molecule has 1 rings (SSSR count). The van der Waals surface area contributed by atoms with Crippen molar-refractivity contribution in [2.45, 2.75) is 32.7 Å². The Morgan fingerprint density at radius 2 is 1.90 bits per heavy atom. The number of carboxylic acid groups (broad SMARTS) is 1. The van der Waals surface area contributed by atoms with Gasteiger partial charge in [0.15, 0.2) is 0 Å². The van der Waals surface area contributed by atoms with E-state index in [9.17, 15) is 9.59 Å². The van der Waals surface area contributed by atoms with Crippen LogP contribution in [-0.2, 0) is 9.59 Å². The predicted octanol–water partition coefficient (Wildman–Crippen LogP) is 2.04. The maximum absolute atomic E-state index is 12.1. The molecule has 0 aromatic heterocycles. The number of carboxylic acids is 1. The van der Waals surface area contributed by atoms with Crippen LogP contribution in [0.15, 0.2) is 30.3 Å². The molecule has 21 heavy (non-hydrogen) atoms. The standard InChI is InChI=1S/C16H24N2O3/c1-3-18(11-12(2)16(20)21)15(19)10-9-14(17)13-7-5-4-6-8-13/h4-8,12,14H,3,9-11,17H2,1-2H3,(H,20,21). The minimum atomic E-state index is -0.887. The normalized spacial score (nSPS) is 13.5. The van der Waals surface area contributed by atoms with Crippen LogP contribution in [0.2, 0.25) is 0 Å². The molecule has 116 valence electrons. The molecule has 0 saturated heterocycles. The summed E-state index contributed by atoms with van der Waals surface area (Å²) in [6, 6.07) is 9.48. The van der Waals surface area contributed by atoms with Crippen molar-refractivity contribution in [3.63, 3.8) is 0 Å². The van der Waals surface area contributed by atoms with Crippen LogP contribution in [0.25, 0.3) is 0 Å². The summed E-state index contributed by atoms with van der Waals surface area (Å²) >= 11 is 0. The summed E-state index contributed by atoms with van der Waals surface area (Å²) in [5.41, 5.74) is 7.08. The predicted molar refractivity (Wildman–Crippen MR) is 81.7 cm³/mol. The first-order valence-corrected chi connectivity index (χ1v) is 7.26. The van der Waals surface area contributed by atoms with Crippen LogP contribution in [-0.4, -0.2) is 35.0 Å². The van der Waals surface area contributed by atoms with Crippen LogP contribution in [0, 0.1) is 5.92 Å². The number of amides is 1. The van der Waals surface area contributed by atoms with E-state index in [1.807, 2.05) is 37.3 Å². The van der Waals surface area contributed by atoms with Gasteiger partial charge in [0.25, 0.3) is 0 Å². The summed E-state index contributed by atoms with van der Waals surface area (Å²) in [7, 11) is 0. The third-order valence-corrected chi connectivity index (χ3v) is 3.55. The zero-order valence-corrected chi connectivity index (χ0v) is 12.7. The third-order valence-electron chi connectivity index (χ3n) is 3.55. The molecule has 2 atom stereocenters. The van der Waals surface area contributed by atoms with Gasteiger partial charge in [0.1, 0.15) is 0 Å². The van der Waals surface area contributed by atoms with Crippen molar-refractivity contribution >= 4 is 11.9 Å². The van der Waals surface area contributed by atoms with Crippen LogP contribution in [0.3, 0.4) is 0 Å². The molecule has 5 heteroatoms. The highest BCUT2D eigenvalue weighted by molar-refractivity contribution is 5.77. The fourth-order valence-electron chi connectivity index (χ4n) is 2.12. The van der Waals surface area contributed by atoms with E-state index in [2.05, 4.69) is 0 Å². The summed E-state index contributed by atoms with van der Waals surface area (Å²) in [5, 5.41) is 8.92. The topological polar surface area (TPSA) is 83.6 Å². The van der Waals surface area contributed by atoms with E-state index >= 15 is 0 Å². The molecule has 2 unspecified atom stereocenters. The second kappa shape index (κ2) is 8.42. The Morgan fingerprint density at radius 3 is 2.43 bits per heavy atom. The number of carbonyl (C=O) groups excluding carboxylic acids is 1. The van der Waals surface area contributed by atoms with Crippen molar-refractivity contribution in [2.75, 3.05) is 13.1 Å². The van der Waals surface area contributed by atoms with Gasteiger partial charge < -0.3 is 15.7 Å². The van der Waals surface area contributed by atoms with Crippen molar-refractivity contribution in [3.05, 3.63) is 35.9 Å². The number of hydrogen-bond acceptors (Lipinski definition) is 3. The Morgan fingerprint density at radius 1 is 1.29 bits per heavy atom. The average molecular weight is 292 g/mol. The van der Waals surface area contributed by atoms with Gasteiger partial charge in [-0.05, 0) is 18.9 Å². The van der Waals surface area contributed by atoms with Crippen molar-refractivity contribution in [1.29, 1.82) is 0 Å². The quantitative estimate of drug-likeness (QED) is 0.768. The second-order valence-corrected chi connectivity index (χ2v) is 5.23. The molecule has 0 fully saturated rings. The molecule has 0 radical (unpaired) electrons. The first-order valence-electron chi connectivity index (χ1n) is 7.26. The fourth-order valence-corrected chi connectivity index (χ4v) is 2.12. The molecule has 0 spiro atoms. The smallest absolute Gasteiger partial charge is 0.308 e. The van der Waals surface area contributed by atoms with Crippen molar-refractivity contribution < 1.29 is 14.7 Å². The van der Waals surface area contributed by atoms with E-state index in [-0.39, 0.29) is 18.5 Å². The van der Waals surface area contributed by atoms with Gasteiger partial charge in [-0.25, -0.2) is 0 Å². The zero-order valence-electron chi connectivity index (χ0n) is 12.7. The molecule has 0 bridgehead atoms. The number of nitrogens with zero attached hydrogens (tertiary/aromatic N) is 1. The van der Waals surface area contributed by atoms with Crippen LogP contribution in [0.4, 0.5) is 0 Å². The summed E-state index contributed by atoms with van der Waals surface area (Å²) in [4.78, 5) is 24.6. The van der Waals surface area contributed by atoms with Gasteiger partial charge >= 0.3 is 5.97 Å².